The minimum Gasteiger partial charge on any atom is -0.396 e. The summed E-state index contributed by atoms with van der Waals surface area (Å²) in [6.07, 6.45) is 3.06. The summed E-state index contributed by atoms with van der Waals surface area (Å²) in [4.78, 5) is 12.0. The number of halogens is 2. The number of nitrogen functional groups attached to an aromatic ring is 1. The summed E-state index contributed by atoms with van der Waals surface area (Å²) in [6.45, 7) is 0.488. The second-order valence-corrected chi connectivity index (χ2v) is 5.59. The lowest BCUT2D eigenvalue weighted by molar-refractivity contribution is -0.0679. The highest BCUT2D eigenvalue weighted by molar-refractivity contribution is 6.39. The number of carbonyl (C=O) groups excluding carboxylic acids is 1. The number of methoxy groups -OCH3 is 1. The number of amides is 1. The highest BCUT2D eigenvalue weighted by Gasteiger charge is 2.37. The van der Waals surface area contributed by atoms with E-state index in [0.29, 0.717) is 12.1 Å². The maximum Gasteiger partial charge on any atom is 0.251 e. The predicted octanol–water partition coefficient (Wildman–Crippen LogP) is 2.87. The smallest absolute Gasteiger partial charge is 0.251 e. The molecule has 0 atom stereocenters. The van der Waals surface area contributed by atoms with Crippen LogP contribution in [0.1, 0.15) is 29.6 Å². The molecule has 0 aromatic heterocycles. The van der Waals surface area contributed by atoms with Crippen LogP contribution in [0.4, 0.5) is 5.69 Å². The van der Waals surface area contributed by atoms with E-state index in [4.69, 9.17) is 33.7 Å². The van der Waals surface area contributed by atoms with Crippen molar-refractivity contribution in [3.8, 4) is 0 Å². The van der Waals surface area contributed by atoms with Crippen LogP contribution in [-0.4, -0.2) is 25.2 Å². The molecule has 1 amide bonds. The van der Waals surface area contributed by atoms with Crippen LogP contribution in [0.15, 0.2) is 12.1 Å². The van der Waals surface area contributed by atoms with Gasteiger partial charge in [0, 0.05) is 19.2 Å². The monoisotopic (exact) mass is 302 g/mol. The van der Waals surface area contributed by atoms with Crippen LogP contribution in [0.2, 0.25) is 10.0 Å². The van der Waals surface area contributed by atoms with Crippen molar-refractivity contribution in [2.45, 2.75) is 24.9 Å². The Morgan fingerprint density at radius 2 is 2.00 bits per heavy atom. The van der Waals surface area contributed by atoms with Gasteiger partial charge in [0.15, 0.2) is 0 Å². The fourth-order valence-electron chi connectivity index (χ4n) is 2.08. The number of hydrogen-bond donors (Lipinski definition) is 2. The Hall–Kier alpha value is -0.970. The van der Waals surface area contributed by atoms with Crippen molar-refractivity contribution in [2.75, 3.05) is 19.4 Å². The van der Waals surface area contributed by atoms with E-state index < -0.39 is 0 Å². The number of nitrogens with two attached hydrogens (primary N) is 1. The van der Waals surface area contributed by atoms with Crippen LogP contribution in [0.25, 0.3) is 0 Å². The Balaban J connectivity index is 2.04. The summed E-state index contributed by atoms with van der Waals surface area (Å²) in [5.41, 5.74) is 6.10. The minimum atomic E-state index is -0.230. The molecule has 3 N–H and O–H groups in total. The number of carbonyl (C=O) groups is 1. The van der Waals surface area contributed by atoms with Gasteiger partial charge in [-0.25, -0.2) is 0 Å². The van der Waals surface area contributed by atoms with Crippen molar-refractivity contribution in [2.24, 2.45) is 0 Å². The lowest BCUT2D eigenvalue weighted by Gasteiger charge is -2.40. The number of hydrogen-bond acceptors (Lipinski definition) is 3. The zero-order valence-electron chi connectivity index (χ0n) is 10.6. The quantitative estimate of drug-likeness (QED) is 0.841. The third kappa shape index (κ3) is 2.96. The second kappa shape index (κ2) is 5.57. The molecule has 1 aromatic carbocycles. The molecule has 1 fully saturated rings. The van der Waals surface area contributed by atoms with Gasteiger partial charge in [-0.05, 0) is 31.4 Å². The highest BCUT2D eigenvalue weighted by Crippen LogP contribution is 2.34. The molecular weight excluding hydrogens is 287 g/mol. The predicted molar refractivity (Wildman–Crippen MR) is 76.8 cm³/mol. The lowest BCUT2D eigenvalue weighted by atomic mass is 9.80. The summed E-state index contributed by atoms with van der Waals surface area (Å²) < 4.78 is 5.44. The van der Waals surface area contributed by atoms with Crippen LogP contribution >= 0.6 is 23.2 Å². The van der Waals surface area contributed by atoms with Crippen LogP contribution < -0.4 is 11.1 Å². The highest BCUT2D eigenvalue weighted by atomic mass is 35.5. The minimum absolute atomic E-state index is 0.211. The van der Waals surface area contributed by atoms with Gasteiger partial charge in [0.05, 0.1) is 21.3 Å². The van der Waals surface area contributed by atoms with E-state index in [1.807, 2.05) is 0 Å². The van der Waals surface area contributed by atoms with Gasteiger partial charge in [-0.2, -0.15) is 0 Å². The van der Waals surface area contributed by atoms with Gasteiger partial charge >= 0.3 is 0 Å². The van der Waals surface area contributed by atoms with E-state index in [2.05, 4.69) is 5.32 Å². The summed E-state index contributed by atoms with van der Waals surface area (Å²) in [5.74, 6) is -0.230. The van der Waals surface area contributed by atoms with Crippen molar-refractivity contribution in [1.82, 2.24) is 5.32 Å². The summed E-state index contributed by atoms with van der Waals surface area (Å²) in [6, 6.07) is 3.02. The molecule has 6 heteroatoms. The van der Waals surface area contributed by atoms with E-state index in [-0.39, 0.29) is 27.2 Å². The van der Waals surface area contributed by atoms with E-state index >= 15 is 0 Å². The number of nitrogens with one attached hydrogen (secondary N) is 1. The van der Waals surface area contributed by atoms with Gasteiger partial charge in [-0.1, -0.05) is 23.2 Å². The van der Waals surface area contributed by atoms with Crippen LogP contribution in [0, 0.1) is 0 Å². The topological polar surface area (TPSA) is 64.3 Å². The Bertz CT molecular complexity index is 473. The molecule has 2 rings (SSSR count). The normalized spacial score (nSPS) is 16.8. The molecule has 0 radical (unpaired) electrons. The first kappa shape index (κ1) is 14.4. The first-order valence-electron chi connectivity index (χ1n) is 6.05. The van der Waals surface area contributed by atoms with Gasteiger partial charge in [0.25, 0.3) is 5.91 Å². The van der Waals surface area contributed by atoms with E-state index in [0.717, 1.165) is 19.3 Å². The largest absolute Gasteiger partial charge is 0.396 e. The Morgan fingerprint density at radius 3 is 2.42 bits per heavy atom. The van der Waals surface area contributed by atoms with E-state index in [9.17, 15) is 4.79 Å². The number of rotatable bonds is 4. The van der Waals surface area contributed by atoms with E-state index in [1.165, 1.54) is 12.1 Å². The van der Waals surface area contributed by atoms with Crippen LogP contribution in [-0.2, 0) is 4.74 Å². The van der Waals surface area contributed by atoms with Crippen molar-refractivity contribution < 1.29 is 9.53 Å². The third-order valence-electron chi connectivity index (χ3n) is 3.61. The summed E-state index contributed by atoms with van der Waals surface area (Å²) in [5, 5.41) is 3.41. The van der Waals surface area contributed by atoms with Crippen molar-refractivity contribution in [1.29, 1.82) is 0 Å². The van der Waals surface area contributed by atoms with Gasteiger partial charge in [0.1, 0.15) is 0 Å². The fourth-order valence-corrected chi connectivity index (χ4v) is 2.57. The molecule has 0 heterocycles. The van der Waals surface area contributed by atoms with Crippen molar-refractivity contribution in [3.63, 3.8) is 0 Å². The van der Waals surface area contributed by atoms with Gasteiger partial charge in [-0.15, -0.1) is 0 Å². The molecule has 0 unspecified atom stereocenters. The van der Waals surface area contributed by atoms with Crippen molar-refractivity contribution >= 4 is 34.8 Å². The third-order valence-corrected chi connectivity index (χ3v) is 4.24. The average Bonchev–Trinajstić information content (AvgIpc) is 2.34. The molecule has 19 heavy (non-hydrogen) atoms. The molecule has 1 saturated carbocycles. The molecule has 1 aliphatic rings. The zero-order chi connectivity index (χ0) is 14.0. The average molecular weight is 303 g/mol. The van der Waals surface area contributed by atoms with Gasteiger partial charge in [0.2, 0.25) is 0 Å². The Morgan fingerprint density at radius 1 is 1.42 bits per heavy atom. The second-order valence-electron chi connectivity index (χ2n) is 4.78. The van der Waals surface area contributed by atoms with Gasteiger partial charge in [-0.3, -0.25) is 4.79 Å². The van der Waals surface area contributed by atoms with Gasteiger partial charge < -0.3 is 15.8 Å². The molecular formula is C13H16Cl2N2O2. The Kier molecular flexibility index (Phi) is 4.23. The first-order chi connectivity index (χ1) is 8.97. The molecule has 0 saturated heterocycles. The molecule has 4 nitrogen and oxygen atoms in total. The number of benzene rings is 1. The molecule has 1 aromatic rings. The number of anilines is 1. The molecule has 0 bridgehead atoms. The van der Waals surface area contributed by atoms with Crippen LogP contribution in [0.3, 0.4) is 0 Å². The molecule has 0 spiro atoms. The summed E-state index contributed by atoms with van der Waals surface area (Å²) >= 11 is 11.8. The lowest BCUT2D eigenvalue weighted by Crippen LogP contribution is -2.49. The van der Waals surface area contributed by atoms with E-state index in [1.54, 1.807) is 7.11 Å². The van der Waals surface area contributed by atoms with Crippen molar-refractivity contribution in [3.05, 3.63) is 27.7 Å². The molecule has 104 valence electrons. The maximum atomic E-state index is 12.0. The maximum absolute atomic E-state index is 12.0. The molecule has 0 aliphatic heterocycles. The number of ether oxygens (including phenoxy) is 1. The summed E-state index contributed by atoms with van der Waals surface area (Å²) in [7, 11) is 1.67. The Labute approximate surface area is 122 Å². The molecule has 1 aliphatic carbocycles. The zero-order valence-corrected chi connectivity index (χ0v) is 12.1. The standard InChI is InChI=1S/C13H16Cl2N2O2/c1-19-13(3-2-4-13)7-17-12(18)8-5-9(14)11(16)10(15)6-8/h5-6H,2-4,7,16H2,1H3,(H,17,18). The SMILES string of the molecule is COC1(CNC(=O)c2cc(Cl)c(N)c(Cl)c2)CCC1. The fraction of sp³-hybridized carbons (Fsp3) is 0.462. The first-order valence-corrected chi connectivity index (χ1v) is 6.81. The van der Waals surface area contributed by atoms with Crippen LogP contribution in [0.5, 0.6) is 0 Å².